The number of rotatable bonds is 10. The average Bonchev–Trinajstić information content (AvgIpc) is 3.14. The Balaban J connectivity index is 0.00000392. The molecule has 0 radical (unpaired) electrons. The molecule has 160 valence electrons. The average molecular weight is 505 g/mol. The number of likely N-dealkylation sites (tertiary alicyclic amines) is 1. The standard InChI is InChI=1S/C21H35N3O3.HI/c1-17(2)19-5-7-20(8-6-19)27-12-10-23-21(22-3)24-11-9-18(15-24)16-26-14-13-25-4;/h5-8,17-18H,9-16H2,1-4H3,(H,22,23);1H. The Labute approximate surface area is 187 Å². The van der Waals surface area contributed by atoms with Gasteiger partial charge in [0.25, 0.3) is 0 Å². The molecule has 0 bridgehead atoms. The van der Waals surface area contributed by atoms with Crippen LogP contribution < -0.4 is 10.1 Å². The van der Waals surface area contributed by atoms with Crippen molar-refractivity contribution in [2.75, 3.05) is 60.2 Å². The number of nitrogens with one attached hydrogen (secondary N) is 1. The quantitative estimate of drug-likeness (QED) is 0.229. The van der Waals surface area contributed by atoms with Crippen molar-refractivity contribution in [3.8, 4) is 5.75 Å². The Morgan fingerprint density at radius 1 is 1.21 bits per heavy atom. The van der Waals surface area contributed by atoms with Gasteiger partial charge in [-0.1, -0.05) is 26.0 Å². The van der Waals surface area contributed by atoms with Crippen LogP contribution in [0.1, 0.15) is 31.7 Å². The third-order valence-electron chi connectivity index (χ3n) is 4.78. The van der Waals surface area contributed by atoms with Gasteiger partial charge in [0.15, 0.2) is 5.96 Å². The van der Waals surface area contributed by atoms with Crippen LogP contribution in [0.5, 0.6) is 5.75 Å². The lowest BCUT2D eigenvalue weighted by molar-refractivity contribution is 0.0536. The van der Waals surface area contributed by atoms with Crippen molar-refractivity contribution in [1.29, 1.82) is 0 Å². The minimum atomic E-state index is 0. The third kappa shape index (κ3) is 8.53. The van der Waals surface area contributed by atoms with E-state index in [0.717, 1.165) is 44.4 Å². The number of methoxy groups -OCH3 is 1. The maximum Gasteiger partial charge on any atom is 0.193 e. The molecule has 0 aliphatic carbocycles. The summed E-state index contributed by atoms with van der Waals surface area (Å²) >= 11 is 0. The number of benzene rings is 1. The number of hydrogen-bond acceptors (Lipinski definition) is 4. The number of aliphatic imine (C=N–C) groups is 1. The number of hydrogen-bond donors (Lipinski definition) is 1. The molecule has 0 saturated carbocycles. The lowest BCUT2D eigenvalue weighted by Gasteiger charge is -2.22. The second-order valence-corrected chi connectivity index (χ2v) is 7.21. The normalized spacial score (nSPS) is 17.0. The van der Waals surface area contributed by atoms with Crippen molar-refractivity contribution in [2.45, 2.75) is 26.2 Å². The summed E-state index contributed by atoms with van der Waals surface area (Å²) in [7, 11) is 3.52. The monoisotopic (exact) mass is 505 g/mol. The van der Waals surface area contributed by atoms with Gasteiger partial charge in [-0.25, -0.2) is 0 Å². The predicted octanol–water partition coefficient (Wildman–Crippen LogP) is 3.37. The fraction of sp³-hybridized carbons (Fsp3) is 0.667. The molecule has 0 spiro atoms. The SMILES string of the molecule is CN=C(NCCOc1ccc(C(C)C)cc1)N1CCC(COCCOC)C1.I. The van der Waals surface area contributed by atoms with E-state index in [9.17, 15) is 0 Å². The lowest BCUT2D eigenvalue weighted by atomic mass is 10.0. The summed E-state index contributed by atoms with van der Waals surface area (Å²) in [6, 6.07) is 8.34. The van der Waals surface area contributed by atoms with E-state index in [0.29, 0.717) is 31.7 Å². The number of ether oxygens (including phenoxy) is 3. The maximum atomic E-state index is 5.83. The van der Waals surface area contributed by atoms with Gasteiger partial charge in [0.05, 0.1) is 26.4 Å². The molecular weight excluding hydrogens is 469 g/mol. The molecule has 1 saturated heterocycles. The van der Waals surface area contributed by atoms with E-state index >= 15 is 0 Å². The zero-order valence-corrected chi connectivity index (χ0v) is 20.0. The van der Waals surface area contributed by atoms with Gasteiger partial charge >= 0.3 is 0 Å². The highest BCUT2D eigenvalue weighted by Crippen LogP contribution is 2.18. The maximum absolute atomic E-state index is 5.83. The topological polar surface area (TPSA) is 55.3 Å². The Kier molecular flexibility index (Phi) is 12.5. The molecule has 2 rings (SSSR count). The molecule has 0 aromatic heterocycles. The van der Waals surface area contributed by atoms with Gasteiger partial charge in [-0.2, -0.15) is 0 Å². The highest BCUT2D eigenvalue weighted by molar-refractivity contribution is 14.0. The largest absolute Gasteiger partial charge is 0.492 e. The zero-order chi connectivity index (χ0) is 19.5. The Morgan fingerprint density at radius 3 is 2.61 bits per heavy atom. The fourth-order valence-corrected chi connectivity index (χ4v) is 3.17. The summed E-state index contributed by atoms with van der Waals surface area (Å²) < 4.78 is 16.5. The van der Waals surface area contributed by atoms with Crippen LogP contribution in [0, 0.1) is 5.92 Å². The van der Waals surface area contributed by atoms with Gasteiger partial charge in [-0.05, 0) is 30.0 Å². The van der Waals surface area contributed by atoms with E-state index in [-0.39, 0.29) is 24.0 Å². The molecule has 7 heteroatoms. The van der Waals surface area contributed by atoms with Crippen molar-refractivity contribution in [3.63, 3.8) is 0 Å². The van der Waals surface area contributed by atoms with Crippen LogP contribution in [0.3, 0.4) is 0 Å². The summed E-state index contributed by atoms with van der Waals surface area (Å²) in [5.41, 5.74) is 1.33. The van der Waals surface area contributed by atoms with E-state index in [1.54, 1.807) is 7.11 Å². The first-order chi connectivity index (χ1) is 13.1. The molecule has 6 nitrogen and oxygen atoms in total. The number of guanidine groups is 1. The Bertz CT molecular complexity index is 567. The molecule has 1 N–H and O–H groups in total. The van der Waals surface area contributed by atoms with Crippen LogP contribution in [0.25, 0.3) is 0 Å². The Morgan fingerprint density at radius 2 is 1.96 bits per heavy atom. The van der Waals surface area contributed by atoms with Crippen LogP contribution in [0.2, 0.25) is 0 Å². The van der Waals surface area contributed by atoms with Gasteiger partial charge in [-0.15, -0.1) is 24.0 Å². The molecule has 1 heterocycles. The van der Waals surface area contributed by atoms with Crippen molar-refractivity contribution >= 4 is 29.9 Å². The van der Waals surface area contributed by atoms with Crippen molar-refractivity contribution in [2.24, 2.45) is 10.9 Å². The zero-order valence-electron chi connectivity index (χ0n) is 17.6. The molecule has 1 aliphatic rings. The van der Waals surface area contributed by atoms with E-state index in [1.165, 1.54) is 5.56 Å². The first-order valence-electron chi connectivity index (χ1n) is 9.89. The van der Waals surface area contributed by atoms with Gasteiger partial charge in [0.1, 0.15) is 12.4 Å². The molecule has 1 aliphatic heterocycles. The second-order valence-electron chi connectivity index (χ2n) is 7.21. The van der Waals surface area contributed by atoms with Crippen LogP contribution in [0.4, 0.5) is 0 Å². The molecule has 0 amide bonds. The highest BCUT2D eigenvalue weighted by atomic mass is 127. The molecule has 28 heavy (non-hydrogen) atoms. The summed E-state index contributed by atoms with van der Waals surface area (Å²) in [5.74, 6) is 2.94. The first kappa shape index (κ1) is 25.0. The highest BCUT2D eigenvalue weighted by Gasteiger charge is 2.24. The van der Waals surface area contributed by atoms with Crippen LogP contribution in [0.15, 0.2) is 29.3 Å². The molecule has 1 fully saturated rings. The summed E-state index contributed by atoms with van der Waals surface area (Å²) in [5, 5.41) is 3.40. The van der Waals surface area contributed by atoms with Gasteiger partial charge < -0.3 is 24.4 Å². The lowest BCUT2D eigenvalue weighted by Crippen LogP contribution is -2.41. The molecule has 1 aromatic carbocycles. The minimum Gasteiger partial charge on any atom is -0.492 e. The predicted molar refractivity (Wildman–Crippen MR) is 125 cm³/mol. The van der Waals surface area contributed by atoms with Crippen molar-refractivity contribution < 1.29 is 14.2 Å². The Hall–Kier alpha value is -1.06. The summed E-state index contributed by atoms with van der Waals surface area (Å²) in [6.45, 7) is 9.81. The van der Waals surface area contributed by atoms with E-state index < -0.39 is 0 Å². The van der Waals surface area contributed by atoms with E-state index in [2.05, 4.69) is 41.2 Å². The molecular formula is C21H36IN3O3. The van der Waals surface area contributed by atoms with E-state index in [4.69, 9.17) is 14.2 Å². The van der Waals surface area contributed by atoms with Crippen molar-refractivity contribution in [1.82, 2.24) is 10.2 Å². The fourth-order valence-electron chi connectivity index (χ4n) is 3.17. The minimum absolute atomic E-state index is 0. The third-order valence-corrected chi connectivity index (χ3v) is 4.78. The van der Waals surface area contributed by atoms with Gasteiger partial charge in [0, 0.05) is 33.2 Å². The summed E-state index contributed by atoms with van der Waals surface area (Å²) in [6.07, 6.45) is 1.13. The smallest absolute Gasteiger partial charge is 0.193 e. The molecule has 1 atom stereocenters. The van der Waals surface area contributed by atoms with Crippen LogP contribution >= 0.6 is 24.0 Å². The number of halogens is 1. The van der Waals surface area contributed by atoms with Gasteiger partial charge in [-0.3, -0.25) is 4.99 Å². The van der Waals surface area contributed by atoms with Crippen LogP contribution in [-0.2, 0) is 9.47 Å². The van der Waals surface area contributed by atoms with Crippen molar-refractivity contribution in [3.05, 3.63) is 29.8 Å². The van der Waals surface area contributed by atoms with E-state index in [1.807, 2.05) is 19.2 Å². The van der Waals surface area contributed by atoms with Crippen LogP contribution in [-0.4, -0.2) is 71.1 Å². The summed E-state index contributed by atoms with van der Waals surface area (Å²) in [4.78, 5) is 6.70. The number of nitrogens with zero attached hydrogens (tertiary/aromatic N) is 2. The molecule has 1 unspecified atom stereocenters. The second kappa shape index (κ2) is 14.0. The molecule has 1 aromatic rings. The van der Waals surface area contributed by atoms with Gasteiger partial charge in [0.2, 0.25) is 0 Å². The first-order valence-corrected chi connectivity index (χ1v) is 9.89.